The maximum atomic E-state index is 15.6. The van der Waals surface area contributed by atoms with Crippen LogP contribution >= 0.6 is 11.6 Å². The summed E-state index contributed by atoms with van der Waals surface area (Å²) in [4.78, 5) is 17.1. The van der Waals surface area contributed by atoms with E-state index < -0.39 is 28.0 Å². The van der Waals surface area contributed by atoms with Crippen molar-refractivity contribution in [1.82, 2.24) is 14.8 Å². The molecule has 0 aliphatic rings. The summed E-state index contributed by atoms with van der Waals surface area (Å²) in [5, 5.41) is 7.58. The minimum atomic E-state index is -1.63. The first-order valence-electron chi connectivity index (χ1n) is 11.0. The summed E-state index contributed by atoms with van der Waals surface area (Å²) >= 11 is 6.43. The van der Waals surface area contributed by atoms with E-state index in [0.29, 0.717) is 17.7 Å². The van der Waals surface area contributed by atoms with E-state index in [1.165, 1.54) is 30.7 Å². The summed E-state index contributed by atoms with van der Waals surface area (Å²) in [5.74, 6) is -1.92. The predicted octanol–water partition coefficient (Wildman–Crippen LogP) is 5.61. The first-order valence-corrected chi connectivity index (χ1v) is 12.9. The van der Waals surface area contributed by atoms with Gasteiger partial charge in [0.1, 0.15) is 16.6 Å². The molecule has 0 fully saturated rings. The van der Waals surface area contributed by atoms with E-state index in [1.807, 2.05) is 13.0 Å². The molecule has 0 amide bonds. The van der Waals surface area contributed by atoms with Crippen molar-refractivity contribution in [3.8, 4) is 0 Å². The number of aliphatic imine (C=N–C) groups is 1. The molecule has 0 N–H and O–H groups in total. The Bertz CT molecular complexity index is 1440. The van der Waals surface area contributed by atoms with Crippen molar-refractivity contribution in [3.05, 3.63) is 104 Å². The van der Waals surface area contributed by atoms with Gasteiger partial charge in [0.25, 0.3) is 5.56 Å². The van der Waals surface area contributed by atoms with Crippen LogP contribution in [0.15, 0.2) is 75.5 Å². The predicted molar refractivity (Wildman–Crippen MR) is 140 cm³/mol. The monoisotopic (exact) mass is 530 g/mol. The van der Waals surface area contributed by atoms with E-state index in [0.717, 1.165) is 16.3 Å². The van der Waals surface area contributed by atoms with Crippen LogP contribution in [-0.4, -0.2) is 30.9 Å². The van der Waals surface area contributed by atoms with Gasteiger partial charge in [-0.3, -0.25) is 18.6 Å². The Labute approximate surface area is 215 Å². The van der Waals surface area contributed by atoms with Crippen LogP contribution in [0.1, 0.15) is 42.1 Å². The zero-order valence-corrected chi connectivity index (χ0v) is 21.8. The Kier molecular flexibility index (Phi) is 9.17. The lowest BCUT2D eigenvalue weighted by Crippen LogP contribution is -2.22. The molecule has 0 radical (unpaired) electrons. The van der Waals surface area contributed by atoms with Gasteiger partial charge in [0.05, 0.1) is 28.1 Å². The Hall–Kier alpha value is -3.30. The smallest absolute Gasteiger partial charge is 0.273 e. The van der Waals surface area contributed by atoms with Gasteiger partial charge in [-0.1, -0.05) is 30.7 Å². The first-order chi connectivity index (χ1) is 17.1. The Morgan fingerprint density at radius 2 is 2.06 bits per heavy atom. The Morgan fingerprint density at radius 1 is 1.31 bits per heavy atom. The third kappa shape index (κ3) is 6.09. The van der Waals surface area contributed by atoms with Gasteiger partial charge in [-0.15, -0.1) is 0 Å². The summed E-state index contributed by atoms with van der Waals surface area (Å²) in [5.41, 5.74) is 0.848. The molecule has 0 saturated heterocycles. The molecule has 0 aliphatic heterocycles. The van der Waals surface area contributed by atoms with Gasteiger partial charge >= 0.3 is 0 Å². The van der Waals surface area contributed by atoms with E-state index in [-0.39, 0.29) is 27.1 Å². The SMILES string of the molecule is C/C=C/N=C(/C(F)=C/n1c(C)cc(C(C)Cc2ccnnc2)c(Cl)c1=O)c1cccc(S(C)=O)c1F. The van der Waals surface area contributed by atoms with Gasteiger partial charge < -0.3 is 0 Å². The van der Waals surface area contributed by atoms with Crippen LogP contribution in [0.3, 0.4) is 0 Å². The number of aromatic nitrogens is 3. The number of allylic oxidation sites excluding steroid dienone is 2. The molecule has 0 bridgehead atoms. The van der Waals surface area contributed by atoms with Crippen molar-refractivity contribution in [2.24, 2.45) is 4.99 Å². The summed E-state index contributed by atoms with van der Waals surface area (Å²) in [7, 11) is -1.63. The number of nitrogens with zero attached hydrogens (tertiary/aromatic N) is 4. The highest BCUT2D eigenvalue weighted by Crippen LogP contribution is 2.27. The quantitative estimate of drug-likeness (QED) is 0.354. The average molecular weight is 531 g/mol. The lowest BCUT2D eigenvalue weighted by atomic mass is 9.94. The van der Waals surface area contributed by atoms with Gasteiger partial charge in [-0.25, -0.2) is 8.78 Å². The molecular weight excluding hydrogens is 506 g/mol. The molecule has 0 saturated carbocycles. The van der Waals surface area contributed by atoms with Gasteiger partial charge in [-0.2, -0.15) is 10.2 Å². The normalized spacial score (nSPS) is 14.3. The summed E-state index contributed by atoms with van der Waals surface area (Å²) in [6.45, 7) is 5.25. The lowest BCUT2D eigenvalue weighted by Gasteiger charge is -2.16. The van der Waals surface area contributed by atoms with Gasteiger partial charge in [-0.05, 0) is 61.6 Å². The number of pyridine rings is 1. The zero-order chi connectivity index (χ0) is 26.4. The third-order valence-corrected chi connectivity index (χ3v) is 6.79. The Balaban J connectivity index is 2.07. The minimum absolute atomic E-state index is 0.0411. The molecule has 188 valence electrons. The highest BCUT2D eigenvalue weighted by Gasteiger charge is 2.21. The molecule has 2 unspecified atom stereocenters. The Morgan fingerprint density at radius 3 is 2.69 bits per heavy atom. The molecule has 10 heteroatoms. The maximum Gasteiger partial charge on any atom is 0.273 e. The molecule has 2 aromatic heterocycles. The van der Waals surface area contributed by atoms with Crippen LogP contribution in [0.25, 0.3) is 6.20 Å². The van der Waals surface area contributed by atoms with Gasteiger partial charge in [0, 0.05) is 29.9 Å². The fourth-order valence-corrected chi connectivity index (χ4v) is 4.63. The number of halogens is 3. The molecule has 36 heavy (non-hydrogen) atoms. The lowest BCUT2D eigenvalue weighted by molar-refractivity contribution is 0.591. The van der Waals surface area contributed by atoms with Crippen LogP contribution in [-0.2, 0) is 17.2 Å². The average Bonchev–Trinajstić information content (AvgIpc) is 2.85. The van der Waals surface area contributed by atoms with E-state index in [9.17, 15) is 9.00 Å². The van der Waals surface area contributed by atoms with Crippen LogP contribution in [0.4, 0.5) is 8.78 Å². The third-order valence-electron chi connectivity index (χ3n) is 5.47. The van der Waals surface area contributed by atoms with E-state index in [2.05, 4.69) is 15.2 Å². The van der Waals surface area contributed by atoms with Crippen LogP contribution in [0.2, 0.25) is 5.02 Å². The highest BCUT2D eigenvalue weighted by atomic mass is 35.5. The van der Waals surface area contributed by atoms with Crippen LogP contribution in [0.5, 0.6) is 0 Å². The van der Waals surface area contributed by atoms with Crippen molar-refractivity contribution in [2.75, 3.05) is 6.26 Å². The molecular formula is C26H25ClF2N4O2S. The molecule has 3 aromatic rings. The van der Waals surface area contributed by atoms with Crippen LogP contribution in [0, 0.1) is 12.7 Å². The fraction of sp³-hybridized carbons (Fsp3) is 0.231. The van der Waals surface area contributed by atoms with E-state index in [1.54, 1.807) is 38.4 Å². The van der Waals surface area contributed by atoms with Gasteiger partial charge in [0.15, 0.2) is 5.83 Å². The maximum absolute atomic E-state index is 15.6. The largest absolute Gasteiger partial charge is 0.284 e. The highest BCUT2D eigenvalue weighted by molar-refractivity contribution is 7.84. The molecule has 2 heterocycles. The number of hydrogen-bond acceptors (Lipinski definition) is 5. The van der Waals surface area contributed by atoms with Crippen molar-refractivity contribution >= 4 is 34.3 Å². The van der Waals surface area contributed by atoms with Crippen molar-refractivity contribution in [1.29, 1.82) is 0 Å². The summed E-state index contributed by atoms with van der Waals surface area (Å²) in [6.07, 6.45) is 8.93. The molecule has 0 aliphatic carbocycles. The summed E-state index contributed by atoms with van der Waals surface area (Å²) in [6, 6.07) is 7.72. The van der Waals surface area contributed by atoms with Crippen LogP contribution < -0.4 is 5.56 Å². The number of rotatable bonds is 8. The van der Waals surface area contributed by atoms with Gasteiger partial charge in [0.2, 0.25) is 0 Å². The standard InChI is InChI=1S/C26H25ClF2N4O2S/c1-5-10-30-25(19-7-6-8-22(24(19)29)36(4)35)21(28)15-33-17(3)13-20(23(27)26(33)34)16(2)12-18-9-11-31-32-14-18/h5-11,13-16H,12H2,1-4H3/b10-5+,21-15-,30-25+. The zero-order valence-electron chi connectivity index (χ0n) is 20.2. The minimum Gasteiger partial charge on any atom is -0.284 e. The number of hydrogen-bond donors (Lipinski definition) is 0. The molecule has 6 nitrogen and oxygen atoms in total. The van der Waals surface area contributed by atoms with E-state index in [4.69, 9.17) is 11.6 Å². The van der Waals surface area contributed by atoms with E-state index >= 15 is 8.78 Å². The second-order valence-electron chi connectivity index (χ2n) is 8.10. The molecule has 3 rings (SSSR count). The summed E-state index contributed by atoms with van der Waals surface area (Å²) < 4.78 is 43.6. The van der Waals surface area contributed by atoms with Crippen molar-refractivity contribution in [3.63, 3.8) is 0 Å². The van der Waals surface area contributed by atoms with Crippen molar-refractivity contribution in [2.45, 2.75) is 38.0 Å². The molecule has 0 spiro atoms. The number of aryl methyl sites for hydroxylation is 1. The first kappa shape index (κ1) is 27.3. The number of benzene rings is 1. The molecule has 2 atom stereocenters. The molecule has 1 aromatic carbocycles. The fourth-order valence-electron chi connectivity index (χ4n) is 3.67. The van der Waals surface area contributed by atoms with Crippen molar-refractivity contribution < 1.29 is 13.0 Å². The second-order valence-corrected chi connectivity index (χ2v) is 9.82. The topological polar surface area (TPSA) is 77.2 Å². The second kappa shape index (κ2) is 12.1.